The van der Waals surface area contributed by atoms with E-state index in [1.807, 2.05) is 19.1 Å². The number of carbonyl (C=O) groups is 2. The van der Waals surface area contributed by atoms with Gasteiger partial charge in [-0.1, -0.05) is 34.1 Å². The third-order valence-corrected chi connectivity index (χ3v) is 4.52. The van der Waals surface area contributed by atoms with Crippen molar-refractivity contribution < 1.29 is 14.3 Å². The lowest BCUT2D eigenvalue weighted by Gasteiger charge is -2.29. The second kappa shape index (κ2) is 7.80. The highest BCUT2D eigenvalue weighted by Gasteiger charge is 2.34. The molecule has 0 spiro atoms. The Morgan fingerprint density at radius 3 is 2.54 bits per heavy atom. The third-order valence-electron chi connectivity index (χ3n) is 3.71. The Labute approximate surface area is 164 Å². The number of nitrogens with one attached hydrogen (secondary N) is 1. The first-order valence-electron chi connectivity index (χ1n) is 7.90. The fourth-order valence-corrected chi connectivity index (χ4v) is 3.07. The van der Waals surface area contributed by atoms with Crippen LogP contribution in [0.2, 0.25) is 0 Å². The Bertz CT molecular complexity index is 909. The molecule has 26 heavy (non-hydrogen) atoms. The lowest BCUT2D eigenvalue weighted by molar-refractivity contribution is -0.122. The highest BCUT2D eigenvalue weighted by atomic mass is 79.9. The van der Waals surface area contributed by atoms with E-state index in [1.54, 1.807) is 36.4 Å². The molecule has 1 heterocycles. The molecule has 5 nitrogen and oxygen atoms in total. The largest absolute Gasteiger partial charge is 0.493 e. The molecule has 1 aliphatic rings. The number of amides is 2. The highest BCUT2D eigenvalue weighted by Crippen LogP contribution is 2.26. The molecule has 0 radical (unpaired) electrons. The van der Waals surface area contributed by atoms with Crippen LogP contribution < -0.4 is 15.0 Å². The Hall–Kier alpha value is -2.51. The highest BCUT2D eigenvalue weighted by molar-refractivity contribution is 9.10. The van der Waals surface area contributed by atoms with Gasteiger partial charge >= 0.3 is 0 Å². The van der Waals surface area contributed by atoms with Crippen LogP contribution in [0.5, 0.6) is 5.75 Å². The summed E-state index contributed by atoms with van der Waals surface area (Å²) in [5, 5.41) is 2.62. The molecular weight excluding hydrogens is 416 g/mol. The number of hydrogen-bond donors (Lipinski definition) is 1. The second-order valence-electron chi connectivity index (χ2n) is 5.41. The summed E-state index contributed by atoms with van der Waals surface area (Å²) in [6.07, 6.45) is 1.52. The van der Waals surface area contributed by atoms with Gasteiger partial charge in [-0.05, 0) is 55.5 Å². The number of thiocarbonyl (C=S) groups is 1. The number of hydrogen-bond acceptors (Lipinski definition) is 4. The average Bonchev–Trinajstić information content (AvgIpc) is 2.61. The van der Waals surface area contributed by atoms with Gasteiger partial charge in [0.25, 0.3) is 11.8 Å². The summed E-state index contributed by atoms with van der Waals surface area (Å²) in [6, 6.07) is 14.3. The van der Waals surface area contributed by atoms with Gasteiger partial charge < -0.3 is 4.74 Å². The quantitative estimate of drug-likeness (QED) is 0.456. The van der Waals surface area contributed by atoms with Gasteiger partial charge in [-0.2, -0.15) is 0 Å². The first-order valence-corrected chi connectivity index (χ1v) is 9.10. The first-order chi connectivity index (χ1) is 12.5. The average molecular weight is 431 g/mol. The van der Waals surface area contributed by atoms with Crippen LogP contribution in [0.3, 0.4) is 0 Å². The number of carbonyl (C=O) groups excluding carboxylic acids is 2. The van der Waals surface area contributed by atoms with E-state index in [0.717, 1.165) is 4.47 Å². The van der Waals surface area contributed by atoms with Gasteiger partial charge in [-0.25, -0.2) is 0 Å². The summed E-state index contributed by atoms with van der Waals surface area (Å²) < 4.78 is 6.44. The lowest BCUT2D eigenvalue weighted by atomic mass is 10.1. The Morgan fingerprint density at radius 1 is 1.15 bits per heavy atom. The van der Waals surface area contributed by atoms with E-state index in [9.17, 15) is 9.59 Å². The van der Waals surface area contributed by atoms with Crippen LogP contribution in [-0.2, 0) is 9.59 Å². The van der Waals surface area contributed by atoms with Crippen molar-refractivity contribution in [3.05, 3.63) is 64.1 Å². The van der Waals surface area contributed by atoms with Crippen LogP contribution in [0, 0.1) is 0 Å². The molecule has 0 unspecified atom stereocenters. The Morgan fingerprint density at radius 2 is 1.85 bits per heavy atom. The summed E-state index contributed by atoms with van der Waals surface area (Å²) in [7, 11) is 0. The monoisotopic (exact) mass is 430 g/mol. The fraction of sp³-hybridized carbons (Fsp3) is 0.105. The molecule has 2 amide bonds. The van der Waals surface area contributed by atoms with Crippen LogP contribution in [0.4, 0.5) is 5.69 Å². The maximum absolute atomic E-state index is 13.0. The van der Waals surface area contributed by atoms with Crippen molar-refractivity contribution in [3.8, 4) is 5.75 Å². The minimum absolute atomic E-state index is 0.00586. The smallest absolute Gasteiger partial charge is 0.270 e. The van der Waals surface area contributed by atoms with Crippen molar-refractivity contribution in [2.45, 2.75) is 6.92 Å². The van der Waals surface area contributed by atoms with E-state index >= 15 is 0 Å². The van der Waals surface area contributed by atoms with E-state index in [0.29, 0.717) is 23.6 Å². The zero-order chi connectivity index (χ0) is 18.7. The summed E-state index contributed by atoms with van der Waals surface area (Å²) in [4.78, 5) is 26.6. The molecule has 2 aromatic rings. The first kappa shape index (κ1) is 18.3. The van der Waals surface area contributed by atoms with Gasteiger partial charge in [0.1, 0.15) is 11.3 Å². The lowest BCUT2D eigenvalue weighted by Crippen LogP contribution is -2.54. The van der Waals surface area contributed by atoms with E-state index in [4.69, 9.17) is 17.0 Å². The molecule has 0 bridgehead atoms. The SMILES string of the molecule is CCOc1ccccc1/C=C1/C(=O)NC(=S)N(c2ccc(Br)cc2)C1=O. The predicted octanol–water partition coefficient (Wildman–Crippen LogP) is 3.68. The van der Waals surface area contributed by atoms with E-state index in [2.05, 4.69) is 21.2 Å². The van der Waals surface area contributed by atoms with E-state index < -0.39 is 11.8 Å². The van der Waals surface area contributed by atoms with Crippen LogP contribution >= 0.6 is 28.1 Å². The molecular formula is C19H15BrN2O3S. The molecule has 3 rings (SSSR count). The molecule has 1 fully saturated rings. The number of halogens is 1. The third kappa shape index (κ3) is 3.68. The minimum atomic E-state index is -0.528. The van der Waals surface area contributed by atoms with Crippen molar-refractivity contribution in [2.75, 3.05) is 11.5 Å². The molecule has 2 aromatic carbocycles. The molecule has 132 valence electrons. The Kier molecular flexibility index (Phi) is 5.49. The van der Waals surface area contributed by atoms with Crippen LogP contribution in [0.1, 0.15) is 12.5 Å². The van der Waals surface area contributed by atoms with Crippen LogP contribution in [-0.4, -0.2) is 23.5 Å². The van der Waals surface area contributed by atoms with Gasteiger partial charge in [0.15, 0.2) is 5.11 Å². The molecule has 7 heteroatoms. The molecule has 0 saturated carbocycles. The van der Waals surface area contributed by atoms with Crippen LogP contribution in [0.15, 0.2) is 58.6 Å². The maximum Gasteiger partial charge on any atom is 0.270 e. The molecule has 0 atom stereocenters. The molecule has 1 saturated heterocycles. The van der Waals surface area contributed by atoms with Gasteiger partial charge in [-0.15, -0.1) is 0 Å². The number of benzene rings is 2. The zero-order valence-corrected chi connectivity index (χ0v) is 16.3. The number of ether oxygens (including phenoxy) is 1. The Balaban J connectivity index is 2.02. The number of anilines is 1. The van der Waals surface area contributed by atoms with E-state index in [1.165, 1.54) is 11.0 Å². The maximum atomic E-state index is 13.0. The molecule has 1 aliphatic heterocycles. The van der Waals surface area contributed by atoms with Gasteiger partial charge in [0.2, 0.25) is 0 Å². The topological polar surface area (TPSA) is 58.6 Å². The molecule has 0 aromatic heterocycles. The predicted molar refractivity (Wildman–Crippen MR) is 108 cm³/mol. The number of nitrogens with zero attached hydrogens (tertiary/aromatic N) is 1. The summed E-state index contributed by atoms with van der Waals surface area (Å²) in [6.45, 7) is 2.35. The van der Waals surface area contributed by atoms with Crippen molar-refractivity contribution in [1.29, 1.82) is 0 Å². The fourth-order valence-electron chi connectivity index (χ4n) is 2.52. The summed E-state index contributed by atoms with van der Waals surface area (Å²) in [5.74, 6) is -0.404. The summed E-state index contributed by atoms with van der Waals surface area (Å²) >= 11 is 8.55. The van der Waals surface area contributed by atoms with Crippen molar-refractivity contribution in [1.82, 2.24) is 5.32 Å². The van der Waals surface area contributed by atoms with Crippen molar-refractivity contribution in [3.63, 3.8) is 0 Å². The molecule has 1 N–H and O–H groups in total. The van der Waals surface area contributed by atoms with Crippen LogP contribution in [0.25, 0.3) is 6.08 Å². The standard InChI is InChI=1S/C19H15BrN2O3S/c1-2-25-16-6-4-3-5-12(16)11-15-17(23)21-19(26)22(18(15)24)14-9-7-13(20)8-10-14/h3-11H,2H2,1H3,(H,21,23,26)/b15-11-. The summed E-state index contributed by atoms with van der Waals surface area (Å²) in [5.41, 5.74) is 1.22. The normalized spacial score (nSPS) is 16.0. The van der Waals surface area contributed by atoms with Gasteiger partial charge in [0, 0.05) is 10.0 Å². The minimum Gasteiger partial charge on any atom is -0.493 e. The number of rotatable bonds is 4. The van der Waals surface area contributed by atoms with Crippen molar-refractivity contribution >= 4 is 56.8 Å². The van der Waals surface area contributed by atoms with Crippen molar-refractivity contribution in [2.24, 2.45) is 0 Å². The number of para-hydroxylation sites is 1. The second-order valence-corrected chi connectivity index (χ2v) is 6.71. The zero-order valence-electron chi connectivity index (χ0n) is 13.9. The van der Waals surface area contributed by atoms with Gasteiger partial charge in [-0.3, -0.25) is 19.8 Å². The molecule has 0 aliphatic carbocycles. The van der Waals surface area contributed by atoms with E-state index in [-0.39, 0.29) is 10.7 Å². The van der Waals surface area contributed by atoms with Gasteiger partial charge in [0.05, 0.1) is 12.3 Å².